The summed E-state index contributed by atoms with van der Waals surface area (Å²) in [5.41, 5.74) is 2.82. The third-order valence-electron chi connectivity index (χ3n) is 4.81. The fourth-order valence-corrected chi connectivity index (χ4v) is 3.37. The van der Waals surface area contributed by atoms with Gasteiger partial charge in [0, 0.05) is 12.0 Å². The minimum atomic E-state index is 0.223. The average molecular weight is 341 g/mol. The van der Waals surface area contributed by atoms with Gasteiger partial charge < -0.3 is 10.1 Å². The van der Waals surface area contributed by atoms with Gasteiger partial charge in [0.1, 0.15) is 11.8 Å². The first-order chi connectivity index (χ1) is 12.0. The minimum Gasteiger partial charge on any atom is -0.491 e. The highest BCUT2D eigenvalue weighted by atomic mass is 16.5. The molecule has 2 aromatic carbocycles. The van der Waals surface area contributed by atoms with Crippen LogP contribution >= 0.6 is 0 Å². The molecule has 2 heteroatoms. The first-order valence-corrected chi connectivity index (χ1v) is 9.62. The Hall–Kier alpha value is -1.80. The molecular formula is C23H34NO+. The molecule has 0 saturated carbocycles. The molecular weight excluding hydrogens is 306 g/mol. The van der Waals surface area contributed by atoms with Crippen LogP contribution in [0.5, 0.6) is 5.75 Å². The highest BCUT2D eigenvalue weighted by molar-refractivity contribution is 5.30. The van der Waals surface area contributed by atoms with E-state index in [2.05, 4.69) is 94.5 Å². The van der Waals surface area contributed by atoms with Crippen molar-refractivity contribution < 1.29 is 10.1 Å². The number of quaternary nitrogens is 1. The fourth-order valence-electron chi connectivity index (χ4n) is 3.37. The molecule has 2 N–H and O–H groups in total. The van der Waals surface area contributed by atoms with Crippen LogP contribution in [0.15, 0.2) is 54.6 Å². The molecule has 0 bridgehead atoms. The Balaban J connectivity index is 1.92. The summed E-state index contributed by atoms with van der Waals surface area (Å²) in [6, 6.07) is 20.0. The van der Waals surface area contributed by atoms with Crippen LogP contribution in [0.3, 0.4) is 0 Å². The summed E-state index contributed by atoms with van der Waals surface area (Å²) < 4.78 is 5.76. The normalized spacial score (nSPS) is 13.9. The Morgan fingerprint density at radius 2 is 1.44 bits per heavy atom. The second-order valence-electron chi connectivity index (χ2n) is 7.60. The van der Waals surface area contributed by atoms with Gasteiger partial charge in [0.25, 0.3) is 0 Å². The maximum absolute atomic E-state index is 5.76. The molecule has 0 radical (unpaired) electrons. The van der Waals surface area contributed by atoms with E-state index >= 15 is 0 Å². The molecule has 25 heavy (non-hydrogen) atoms. The van der Waals surface area contributed by atoms with E-state index in [9.17, 15) is 0 Å². The number of ether oxygens (including phenoxy) is 1. The molecule has 136 valence electrons. The van der Waals surface area contributed by atoms with Crippen molar-refractivity contribution in [2.45, 2.75) is 59.1 Å². The van der Waals surface area contributed by atoms with Crippen molar-refractivity contribution in [3.8, 4) is 5.75 Å². The number of nitrogens with two attached hydrogens (primary N) is 1. The van der Waals surface area contributed by atoms with Crippen molar-refractivity contribution in [2.75, 3.05) is 6.54 Å². The van der Waals surface area contributed by atoms with E-state index in [1.54, 1.807) is 0 Å². The Morgan fingerprint density at radius 1 is 0.800 bits per heavy atom. The zero-order valence-electron chi connectivity index (χ0n) is 16.4. The van der Waals surface area contributed by atoms with Crippen LogP contribution in [0.25, 0.3) is 0 Å². The SMILES string of the molecule is CC(C)Oc1ccc([C@@H](CC[NH2+][C@H](C)c2ccccc2)C(C)C)cc1. The first kappa shape index (κ1) is 19.5. The molecule has 0 heterocycles. The van der Waals surface area contributed by atoms with Gasteiger partial charge in [0.2, 0.25) is 0 Å². The average Bonchev–Trinajstić information content (AvgIpc) is 2.59. The monoisotopic (exact) mass is 340 g/mol. The Morgan fingerprint density at radius 3 is 2.00 bits per heavy atom. The maximum atomic E-state index is 5.76. The molecule has 0 amide bonds. The number of rotatable bonds is 9. The molecule has 0 spiro atoms. The number of benzene rings is 2. The minimum absolute atomic E-state index is 0.223. The summed E-state index contributed by atoms with van der Waals surface area (Å²) in [5.74, 6) is 2.19. The van der Waals surface area contributed by atoms with Crippen LogP contribution in [-0.4, -0.2) is 12.6 Å². The lowest BCUT2D eigenvalue weighted by atomic mass is 9.85. The lowest BCUT2D eigenvalue weighted by Gasteiger charge is -2.22. The zero-order valence-corrected chi connectivity index (χ0v) is 16.4. The Bertz CT molecular complexity index is 604. The van der Waals surface area contributed by atoms with Gasteiger partial charge in [-0.15, -0.1) is 0 Å². The van der Waals surface area contributed by atoms with E-state index in [0.29, 0.717) is 17.9 Å². The Labute approximate surface area is 153 Å². The molecule has 2 atom stereocenters. The van der Waals surface area contributed by atoms with E-state index in [0.717, 1.165) is 12.3 Å². The number of hydrogen-bond acceptors (Lipinski definition) is 1. The molecule has 0 fully saturated rings. The zero-order chi connectivity index (χ0) is 18.2. The van der Waals surface area contributed by atoms with Gasteiger partial charge in [-0.25, -0.2) is 0 Å². The highest BCUT2D eigenvalue weighted by Gasteiger charge is 2.18. The van der Waals surface area contributed by atoms with Crippen molar-refractivity contribution in [3.63, 3.8) is 0 Å². The Kier molecular flexibility index (Phi) is 7.52. The molecule has 0 aliphatic carbocycles. The quantitative estimate of drug-likeness (QED) is 0.688. The van der Waals surface area contributed by atoms with Gasteiger partial charge in [-0.3, -0.25) is 0 Å². The number of hydrogen-bond donors (Lipinski definition) is 1. The summed E-state index contributed by atoms with van der Waals surface area (Å²) in [5, 5.41) is 2.46. The van der Waals surface area contributed by atoms with E-state index in [4.69, 9.17) is 4.74 Å². The van der Waals surface area contributed by atoms with Gasteiger partial charge in [-0.05, 0) is 50.3 Å². The van der Waals surface area contributed by atoms with Gasteiger partial charge in [-0.2, -0.15) is 0 Å². The summed E-state index contributed by atoms with van der Waals surface area (Å²) in [6.45, 7) is 12.2. The molecule has 0 aromatic heterocycles. The van der Waals surface area contributed by atoms with Crippen molar-refractivity contribution in [1.82, 2.24) is 0 Å². The van der Waals surface area contributed by atoms with Crippen LogP contribution in [-0.2, 0) is 0 Å². The lowest BCUT2D eigenvalue weighted by molar-refractivity contribution is -0.693. The van der Waals surface area contributed by atoms with Crippen LogP contribution < -0.4 is 10.1 Å². The van der Waals surface area contributed by atoms with Gasteiger partial charge in [-0.1, -0.05) is 56.3 Å². The second kappa shape index (κ2) is 9.62. The van der Waals surface area contributed by atoms with Crippen molar-refractivity contribution in [3.05, 3.63) is 65.7 Å². The molecule has 0 aliphatic rings. The summed E-state index contributed by atoms with van der Waals surface area (Å²) in [7, 11) is 0. The maximum Gasteiger partial charge on any atom is 0.119 e. The smallest absolute Gasteiger partial charge is 0.119 e. The topological polar surface area (TPSA) is 25.8 Å². The lowest BCUT2D eigenvalue weighted by Crippen LogP contribution is -2.84. The molecule has 0 saturated heterocycles. The van der Waals surface area contributed by atoms with E-state index in [1.165, 1.54) is 17.5 Å². The fraction of sp³-hybridized carbons (Fsp3) is 0.478. The molecule has 2 nitrogen and oxygen atoms in total. The summed E-state index contributed by atoms with van der Waals surface area (Å²) >= 11 is 0. The predicted molar refractivity (Wildman–Crippen MR) is 106 cm³/mol. The summed E-state index contributed by atoms with van der Waals surface area (Å²) in [6.07, 6.45) is 1.42. The highest BCUT2D eigenvalue weighted by Crippen LogP contribution is 2.29. The molecule has 2 aromatic rings. The largest absolute Gasteiger partial charge is 0.491 e. The van der Waals surface area contributed by atoms with Crippen LogP contribution in [0.4, 0.5) is 0 Å². The van der Waals surface area contributed by atoms with Crippen LogP contribution in [0, 0.1) is 5.92 Å². The molecule has 2 rings (SSSR count). The van der Waals surface area contributed by atoms with Gasteiger partial charge in [0.05, 0.1) is 12.6 Å². The standard InChI is InChI=1S/C23H33NO/c1-17(2)23(21-11-13-22(14-12-21)25-18(3)4)15-16-24-19(5)20-9-7-6-8-10-20/h6-14,17-19,23-24H,15-16H2,1-5H3/p+1/t19-,23+/m1/s1. The summed E-state index contributed by atoms with van der Waals surface area (Å²) in [4.78, 5) is 0. The van der Waals surface area contributed by atoms with E-state index in [1.807, 2.05) is 0 Å². The van der Waals surface area contributed by atoms with Crippen molar-refractivity contribution in [2.24, 2.45) is 5.92 Å². The third kappa shape index (κ3) is 6.21. The van der Waals surface area contributed by atoms with E-state index in [-0.39, 0.29) is 6.10 Å². The van der Waals surface area contributed by atoms with Crippen molar-refractivity contribution in [1.29, 1.82) is 0 Å². The second-order valence-corrected chi connectivity index (χ2v) is 7.60. The van der Waals surface area contributed by atoms with E-state index < -0.39 is 0 Å². The van der Waals surface area contributed by atoms with Crippen LogP contribution in [0.1, 0.15) is 64.1 Å². The van der Waals surface area contributed by atoms with Gasteiger partial charge in [0.15, 0.2) is 0 Å². The first-order valence-electron chi connectivity index (χ1n) is 9.62. The predicted octanol–water partition coefficient (Wildman–Crippen LogP) is 4.93. The van der Waals surface area contributed by atoms with Crippen molar-refractivity contribution >= 4 is 0 Å². The van der Waals surface area contributed by atoms with Crippen LogP contribution in [0.2, 0.25) is 0 Å². The van der Waals surface area contributed by atoms with Gasteiger partial charge >= 0.3 is 0 Å². The molecule has 0 aliphatic heterocycles. The third-order valence-corrected chi connectivity index (χ3v) is 4.81. The molecule has 0 unspecified atom stereocenters.